The number of nitrogens with zero attached hydrogens (tertiary/aromatic N) is 1. The summed E-state index contributed by atoms with van der Waals surface area (Å²) in [5.74, 6) is 1.41. The van der Waals surface area contributed by atoms with Crippen LogP contribution in [0.5, 0.6) is 0 Å². The van der Waals surface area contributed by atoms with Gasteiger partial charge in [0.2, 0.25) is 5.91 Å². The third-order valence-corrected chi connectivity index (χ3v) is 5.25. The quantitative estimate of drug-likeness (QED) is 0.819. The predicted octanol–water partition coefficient (Wildman–Crippen LogP) is 4.55. The van der Waals surface area contributed by atoms with Crippen LogP contribution in [-0.2, 0) is 17.0 Å². The maximum absolute atomic E-state index is 12.6. The van der Waals surface area contributed by atoms with Crippen molar-refractivity contribution in [1.82, 2.24) is 0 Å². The van der Waals surface area contributed by atoms with E-state index in [1.807, 2.05) is 47.4 Å². The molecule has 1 atom stereocenters. The van der Waals surface area contributed by atoms with Crippen molar-refractivity contribution in [2.75, 3.05) is 10.7 Å². The summed E-state index contributed by atoms with van der Waals surface area (Å²) in [5, 5.41) is 0.766. The molecule has 2 aromatic rings. The Morgan fingerprint density at radius 1 is 1.23 bits per heavy atom. The van der Waals surface area contributed by atoms with Crippen LogP contribution in [0.4, 0.5) is 5.69 Å². The molecule has 3 rings (SSSR count). The zero-order valence-electron chi connectivity index (χ0n) is 12.5. The highest BCUT2D eigenvalue weighted by molar-refractivity contribution is 7.99. The lowest BCUT2D eigenvalue weighted by Crippen LogP contribution is -2.37. The lowest BCUT2D eigenvalue weighted by Gasteiger charge is -2.22. The van der Waals surface area contributed by atoms with E-state index in [1.165, 1.54) is 5.56 Å². The van der Waals surface area contributed by atoms with Gasteiger partial charge in [0.15, 0.2) is 0 Å². The standard InChI is InChI=1S/C18H18ClNOS/c1-13-10-14-6-3-5-9-17(14)20(13)18(21)12-22-11-15-7-2-4-8-16(15)19/h2-9,13H,10-12H2,1H3. The number of para-hydroxylation sites is 1. The summed E-state index contributed by atoms with van der Waals surface area (Å²) in [5.41, 5.74) is 3.41. The molecular formula is C18H18ClNOS. The van der Waals surface area contributed by atoms with Crippen LogP contribution in [0.2, 0.25) is 5.02 Å². The van der Waals surface area contributed by atoms with Gasteiger partial charge in [0.05, 0.1) is 5.75 Å². The molecule has 2 aromatic carbocycles. The molecule has 2 nitrogen and oxygen atoms in total. The number of hydrogen-bond acceptors (Lipinski definition) is 2. The molecule has 0 saturated carbocycles. The summed E-state index contributed by atoms with van der Waals surface area (Å²) in [6.45, 7) is 2.11. The second-order valence-corrected chi connectivity index (χ2v) is 6.92. The van der Waals surface area contributed by atoms with Gasteiger partial charge in [0.1, 0.15) is 0 Å². The number of fused-ring (bicyclic) bond motifs is 1. The fourth-order valence-corrected chi connectivity index (χ4v) is 4.05. The van der Waals surface area contributed by atoms with E-state index < -0.39 is 0 Å². The SMILES string of the molecule is CC1Cc2ccccc2N1C(=O)CSCc1ccccc1Cl. The number of hydrogen-bond donors (Lipinski definition) is 0. The fourth-order valence-electron chi connectivity index (χ4n) is 2.88. The van der Waals surface area contributed by atoms with Crippen molar-refractivity contribution in [3.05, 3.63) is 64.7 Å². The zero-order chi connectivity index (χ0) is 15.5. The minimum atomic E-state index is 0.175. The topological polar surface area (TPSA) is 20.3 Å². The fraction of sp³-hybridized carbons (Fsp3) is 0.278. The maximum atomic E-state index is 12.6. The van der Waals surface area contributed by atoms with Crippen LogP contribution in [0.15, 0.2) is 48.5 Å². The number of carbonyl (C=O) groups is 1. The van der Waals surface area contributed by atoms with Crippen molar-refractivity contribution in [1.29, 1.82) is 0 Å². The first-order chi connectivity index (χ1) is 10.7. The highest BCUT2D eigenvalue weighted by atomic mass is 35.5. The molecule has 0 bridgehead atoms. The number of thioether (sulfide) groups is 1. The molecule has 0 fully saturated rings. The van der Waals surface area contributed by atoms with Gasteiger partial charge >= 0.3 is 0 Å². The van der Waals surface area contributed by atoms with Crippen LogP contribution in [0.1, 0.15) is 18.1 Å². The molecule has 0 radical (unpaired) electrons. The van der Waals surface area contributed by atoms with Crippen LogP contribution in [0.3, 0.4) is 0 Å². The van der Waals surface area contributed by atoms with E-state index in [1.54, 1.807) is 11.8 Å². The molecule has 1 aliphatic heterocycles. The third kappa shape index (κ3) is 3.16. The van der Waals surface area contributed by atoms with E-state index in [-0.39, 0.29) is 11.9 Å². The van der Waals surface area contributed by atoms with Gasteiger partial charge in [-0.1, -0.05) is 48.0 Å². The van der Waals surface area contributed by atoms with E-state index >= 15 is 0 Å². The van der Waals surface area contributed by atoms with Crippen molar-refractivity contribution < 1.29 is 4.79 Å². The Labute approximate surface area is 140 Å². The Morgan fingerprint density at radius 3 is 2.77 bits per heavy atom. The average molecular weight is 332 g/mol. The lowest BCUT2D eigenvalue weighted by atomic mass is 10.1. The van der Waals surface area contributed by atoms with Crippen LogP contribution >= 0.6 is 23.4 Å². The molecule has 0 N–H and O–H groups in total. The monoisotopic (exact) mass is 331 g/mol. The third-order valence-electron chi connectivity index (χ3n) is 3.92. The lowest BCUT2D eigenvalue weighted by molar-refractivity contribution is -0.116. The Kier molecular flexibility index (Phi) is 4.74. The van der Waals surface area contributed by atoms with Crippen LogP contribution in [0, 0.1) is 0 Å². The number of amides is 1. The van der Waals surface area contributed by atoms with Gasteiger partial charge in [0.25, 0.3) is 0 Å². The van der Waals surface area contributed by atoms with Gasteiger partial charge in [-0.05, 0) is 36.6 Å². The molecule has 1 heterocycles. The number of benzene rings is 2. The summed E-state index contributed by atoms with van der Waals surface area (Å²) in [6.07, 6.45) is 0.942. The molecule has 22 heavy (non-hydrogen) atoms. The van der Waals surface area contributed by atoms with E-state index in [2.05, 4.69) is 13.0 Å². The minimum Gasteiger partial charge on any atom is -0.308 e. The van der Waals surface area contributed by atoms with Gasteiger partial charge < -0.3 is 4.90 Å². The van der Waals surface area contributed by atoms with Gasteiger partial charge in [-0.2, -0.15) is 0 Å². The van der Waals surface area contributed by atoms with E-state index in [0.29, 0.717) is 5.75 Å². The van der Waals surface area contributed by atoms with Crippen LogP contribution in [-0.4, -0.2) is 17.7 Å². The molecular weight excluding hydrogens is 314 g/mol. The molecule has 0 spiro atoms. The molecule has 0 aromatic heterocycles. The maximum Gasteiger partial charge on any atom is 0.237 e. The van der Waals surface area contributed by atoms with Crippen molar-refractivity contribution in [3.8, 4) is 0 Å². The first-order valence-electron chi connectivity index (χ1n) is 7.38. The molecule has 114 valence electrons. The Morgan fingerprint density at radius 2 is 1.95 bits per heavy atom. The highest BCUT2D eigenvalue weighted by Gasteiger charge is 2.30. The van der Waals surface area contributed by atoms with Gasteiger partial charge in [0, 0.05) is 22.5 Å². The number of carbonyl (C=O) groups excluding carboxylic acids is 1. The van der Waals surface area contributed by atoms with E-state index in [0.717, 1.165) is 28.4 Å². The van der Waals surface area contributed by atoms with Crippen molar-refractivity contribution >= 4 is 35.0 Å². The van der Waals surface area contributed by atoms with Crippen LogP contribution in [0.25, 0.3) is 0 Å². The van der Waals surface area contributed by atoms with E-state index in [9.17, 15) is 4.79 Å². The van der Waals surface area contributed by atoms with Crippen molar-refractivity contribution in [2.45, 2.75) is 25.1 Å². The summed E-state index contributed by atoms with van der Waals surface area (Å²) in [6, 6.07) is 16.2. The predicted molar refractivity (Wildman–Crippen MR) is 94.7 cm³/mol. The normalized spacial score (nSPS) is 16.6. The molecule has 1 unspecified atom stereocenters. The summed E-state index contributed by atoms with van der Waals surface area (Å²) >= 11 is 7.76. The number of rotatable bonds is 4. The molecule has 0 saturated heterocycles. The van der Waals surface area contributed by atoms with Gasteiger partial charge in [-0.25, -0.2) is 0 Å². The number of halogens is 1. The largest absolute Gasteiger partial charge is 0.308 e. The first-order valence-corrected chi connectivity index (χ1v) is 8.91. The molecule has 4 heteroatoms. The summed E-state index contributed by atoms with van der Waals surface area (Å²) < 4.78 is 0. The Balaban J connectivity index is 1.62. The zero-order valence-corrected chi connectivity index (χ0v) is 14.0. The Bertz CT molecular complexity index is 688. The number of anilines is 1. The summed E-state index contributed by atoms with van der Waals surface area (Å²) in [4.78, 5) is 14.5. The second-order valence-electron chi connectivity index (χ2n) is 5.53. The summed E-state index contributed by atoms with van der Waals surface area (Å²) in [7, 11) is 0. The second kappa shape index (κ2) is 6.76. The molecule has 1 amide bonds. The van der Waals surface area contributed by atoms with Crippen LogP contribution < -0.4 is 4.90 Å². The highest BCUT2D eigenvalue weighted by Crippen LogP contribution is 2.32. The smallest absolute Gasteiger partial charge is 0.237 e. The van der Waals surface area contributed by atoms with Crippen molar-refractivity contribution in [3.63, 3.8) is 0 Å². The first kappa shape index (κ1) is 15.4. The molecule has 0 aliphatic carbocycles. The molecule has 1 aliphatic rings. The van der Waals surface area contributed by atoms with Gasteiger partial charge in [-0.15, -0.1) is 11.8 Å². The van der Waals surface area contributed by atoms with Crippen molar-refractivity contribution in [2.24, 2.45) is 0 Å². The van der Waals surface area contributed by atoms with E-state index in [4.69, 9.17) is 11.6 Å². The average Bonchev–Trinajstić information content (AvgIpc) is 2.85. The van der Waals surface area contributed by atoms with Gasteiger partial charge in [-0.3, -0.25) is 4.79 Å². The minimum absolute atomic E-state index is 0.175. The Hall–Kier alpha value is -1.45.